The number of likely N-dealkylation sites (tertiary alicyclic amines) is 1. The van der Waals surface area contributed by atoms with E-state index in [2.05, 4.69) is 63.4 Å². The van der Waals surface area contributed by atoms with Crippen molar-refractivity contribution in [3.8, 4) is 5.69 Å². The van der Waals surface area contributed by atoms with Gasteiger partial charge in [0, 0.05) is 35.8 Å². The van der Waals surface area contributed by atoms with Gasteiger partial charge in [0.05, 0.1) is 0 Å². The summed E-state index contributed by atoms with van der Waals surface area (Å²) < 4.78 is 17.0. The summed E-state index contributed by atoms with van der Waals surface area (Å²) in [6, 6.07) is 16.9. The molecule has 1 aliphatic rings. The molecule has 9 nitrogen and oxygen atoms in total. The zero-order valence-electron chi connectivity index (χ0n) is 21.9. The number of aromatic nitrogens is 4. The lowest BCUT2D eigenvalue weighted by Gasteiger charge is -2.34. The van der Waals surface area contributed by atoms with Gasteiger partial charge < -0.3 is 20.1 Å². The summed E-state index contributed by atoms with van der Waals surface area (Å²) in [7, 11) is 0. The van der Waals surface area contributed by atoms with Crippen LogP contribution in [0.4, 0.5) is 4.39 Å². The third-order valence-electron chi connectivity index (χ3n) is 7.29. The minimum Gasteiger partial charge on any atom is -0.473 e. The largest absolute Gasteiger partial charge is 0.473 e. The number of benzene rings is 2. The lowest BCUT2D eigenvalue weighted by molar-refractivity contribution is -0.159. The minimum absolute atomic E-state index is 0.455. The third-order valence-corrected chi connectivity index (χ3v) is 7.29. The van der Waals surface area contributed by atoms with Crippen molar-refractivity contribution in [1.82, 2.24) is 24.6 Å². The van der Waals surface area contributed by atoms with E-state index < -0.39 is 18.1 Å². The highest BCUT2D eigenvalue weighted by Gasteiger charge is 2.24. The molecular weight excluding hydrogens is 501 g/mol. The van der Waals surface area contributed by atoms with Crippen molar-refractivity contribution in [2.75, 3.05) is 19.6 Å². The normalized spacial score (nSPS) is 15.8. The number of halogens is 1. The number of aliphatic carboxylic acids is 2. The molecule has 4 aromatic rings. The van der Waals surface area contributed by atoms with Crippen LogP contribution in [-0.4, -0.2) is 72.6 Å². The van der Waals surface area contributed by atoms with E-state index >= 15 is 4.39 Å². The second-order valence-electron chi connectivity index (χ2n) is 10.1. The topological polar surface area (TPSA) is 124 Å². The van der Waals surface area contributed by atoms with Gasteiger partial charge in [-0.25, -0.2) is 14.0 Å². The Morgan fingerprint density at radius 1 is 1.05 bits per heavy atom. The van der Waals surface area contributed by atoms with Crippen LogP contribution < -0.4 is 0 Å². The summed E-state index contributed by atoms with van der Waals surface area (Å²) >= 11 is 0. The van der Waals surface area contributed by atoms with Crippen molar-refractivity contribution in [2.45, 2.75) is 44.7 Å². The third kappa shape index (κ3) is 7.73. The zero-order valence-corrected chi connectivity index (χ0v) is 21.9. The smallest absolute Gasteiger partial charge is 0.414 e. The van der Waals surface area contributed by atoms with Gasteiger partial charge >= 0.3 is 11.9 Å². The van der Waals surface area contributed by atoms with Crippen LogP contribution in [0.3, 0.4) is 0 Å². The first kappa shape index (κ1) is 28.0. The second kappa shape index (κ2) is 13.1. The van der Waals surface area contributed by atoms with Crippen LogP contribution in [0.15, 0.2) is 67.4 Å². The van der Waals surface area contributed by atoms with E-state index in [0.29, 0.717) is 24.7 Å². The number of carboxylic acid groups (broad SMARTS) is 2. The maximum atomic E-state index is 15.1. The molecule has 3 heterocycles. The standard InChI is InChI=1S/C27H32FN5.C2H2O4/c1-20(22-5-3-2-4-6-22)17-32-11-9-21(10-12-32)13-24(28)14-23-16-29-27-8-7-25(15-26(23)27)33-18-30-31-19-33;3-1(4)2(5)6/h2-8,15-16,18-21,24,29H,9-14,17H2,1H3;(H,3,4)(H,5,6). The monoisotopic (exact) mass is 535 g/mol. The van der Waals surface area contributed by atoms with Gasteiger partial charge in [-0.15, -0.1) is 10.2 Å². The van der Waals surface area contributed by atoms with E-state index in [4.69, 9.17) is 19.8 Å². The molecule has 0 saturated carbocycles. The molecule has 2 atom stereocenters. The first-order valence-corrected chi connectivity index (χ1v) is 13.1. The zero-order chi connectivity index (χ0) is 27.8. The molecule has 5 rings (SSSR count). The molecule has 0 aliphatic carbocycles. The van der Waals surface area contributed by atoms with Gasteiger partial charge in [0.2, 0.25) is 0 Å². The number of piperidine rings is 1. The van der Waals surface area contributed by atoms with Crippen LogP contribution in [0, 0.1) is 5.92 Å². The van der Waals surface area contributed by atoms with Crippen molar-refractivity contribution in [3.63, 3.8) is 0 Å². The molecule has 2 aromatic heterocycles. The first-order valence-electron chi connectivity index (χ1n) is 13.1. The molecule has 2 aromatic carbocycles. The number of hydrogen-bond acceptors (Lipinski definition) is 5. The lowest BCUT2D eigenvalue weighted by Crippen LogP contribution is -2.36. The number of H-pyrrole nitrogens is 1. The Bertz CT molecular complexity index is 1340. The summed E-state index contributed by atoms with van der Waals surface area (Å²) in [6.45, 7) is 5.53. The fourth-order valence-electron chi connectivity index (χ4n) is 5.19. The number of nitrogens with zero attached hydrogens (tertiary/aromatic N) is 4. The van der Waals surface area contributed by atoms with Gasteiger partial charge in [0.25, 0.3) is 0 Å². The van der Waals surface area contributed by atoms with Crippen LogP contribution in [0.25, 0.3) is 16.6 Å². The van der Waals surface area contributed by atoms with Crippen molar-refractivity contribution >= 4 is 22.8 Å². The Morgan fingerprint density at radius 2 is 1.72 bits per heavy atom. The van der Waals surface area contributed by atoms with Crippen LogP contribution in [-0.2, 0) is 16.0 Å². The highest BCUT2D eigenvalue weighted by atomic mass is 19.1. The molecule has 0 bridgehead atoms. The average Bonchev–Trinajstić information content (AvgIpc) is 3.61. The number of hydrogen-bond donors (Lipinski definition) is 3. The van der Waals surface area contributed by atoms with E-state index in [1.165, 1.54) is 5.56 Å². The number of aromatic amines is 1. The van der Waals surface area contributed by atoms with Gasteiger partial charge in [0.15, 0.2) is 0 Å². The predicted octanol–water partition coefficient (Wildman–Crippen LogP) is 4.69. The molecule has 1 fully saturated rings. The van der Waals surface area contributed by atoms with Gasteiger partial charge in [-0.1, -0.05) is 37.3 Å². The molecular formula is C29H34FN5O4. The van der Waals surface area contributed by atoms with Crippen LogP contribution >= 0.6 is 0 Å². The van der Waals surface area contributed by atoms with E-state index in [1.54, 1.807) is 12.7 Å². The molecule has 39 heavy (non-hydrogen) atoms. The Kier molecular flexibility index (Phi) is 9.43. The van der Waals surface area contributed by atoms with Crippen LogP contribution in [0.2, 0.25) is 0 Å². The number of fused-ring (bicyclic) bond motifs is 1. The van der Waals surface area contributed by atoms with Crippen molar-refractivity contribution in [2.24, 2.45) is 5.92 Å². The number of carboxylic acids is 2. The summed E-state index contributed by atoms with van der Waals surface area (Å²) in [4.78, 5) is 24.0. The molecule has 3 N–H and O–H groups in total. The Balaban J connectivity index is 0.000000531. The van der Waals surface area contributed by atoms with E-state index in [-0.39, 0.29) is 0 Å². The van der Waals surface area contributed by atoms with Crippen molar-refractivity contribution < 1.29 is 24.2 Å². The summed E-state index contributed by atoms with van der Waals surface area (Å²) in [5.74, 6) is -2.65. The fourth-order valence-corrected chi connectivity index (χ4v) is 5.19. The predicted molar refractivity (Wildman–Crippen MR) is 146 cm³/mol. The Morgan fingerprint density at radius 3 is 2.36 bits per heavy atom. The fraction of sp³-hybridized carbons (Fsp3) is 0.379. The number of carbonyl (C=O) groups is 2. The molecule has 0 amide bonds. The molecule has 1 aliphatic heterocycles. The molecule has 2 unspecified atom stereocenters. The van der Waals surface area contributed by atoms with Crippen molar-refractivity contribution in [3.05, 3.63) is 78.5 Å². The molecule has 0 radical (unpaired) electrons. The maximum Gasteiger partial charge on any atom is 0.414 e. The van der Waals surface area contributed by atoms with E-state index in [1.807, 2.05) is 22.9 Å². The summed E-state index contributed by atoms with van der Waals surface area (Å²) in [5.41, 5.74) is 4.46. The number of nitrogens with one attached hydrogen (secondary N) is 1. The van der Waals surface area contributed by atoms with Gasteiger partial charge in [-0.05, 0) is 73.5 Å². The highest BCUT2D eigenvalue weighted by Crippen LogP contribution is 2.29. The van der Waals surface area contributed by atoms with Crippen molar-refractivity contribution in [1.29, 1.82) is 0 Å². The van der Waals surface area contributed by atoms with E-state index in [0.717, 1.165) is 54.6 Å². The minimum atomic E-state index is -1.82. The number of alkyl halides is 1. The second-order valence-corrected chi connectivity index (χ2v) is 10.1. The molecule has 10 heteroatoms. The average molecular weight is 536 g/mol. The van der Waals surface area contributed by atoms with E-state index in [9.17, 15) is 0 Å². The molecule has 206 valence electrons. The molecule has 1 saturated heterocycles. The Hall–Kier alpha value is -4.05. The quantitative estimate of drug-likeness (QED) is 0.280. The van der Waals surface area contributed by atoms with Crippen LogP contribution in [0.5, 0.6) is 0 Å². The lowest BCUT2D eigenvalue weighted by atomic mass is 9.89. The van der Waals surface area contributed by atoms with Gasteiger partial charge in [-0.3, -0.25) is 4.57 Å². The number of rotatable bonds is 8. The maximum absolute atomic E-state index is 15.1. The highest BCUT2D eigenvalue weighted by molar-refractivity contribution is 6.27. The first-order chi connectivity index (χ1) is 18.8. The van der Waals surface area contributed by atoms with Gasteiger partial charge in [0.1, 0.15) is 18.8 Å². The summed E-state index contributed by atoms with van der Waals surface area (Å²) in [6.07, 6.45) is 7.79. The SMILES string of the molecule is CC(CN1CCC(CC(F)Cc2c[nH]c3ccc(-n4cnnc4)cc23)CC1)c1ccccc1.O=C(O)C(=O)O. The Labute approximate surface area is 226 Å². The molecule has 0 spiro atoms. The van der Waals surface area contributed by atoms with Crippen LogP contribution in [0.1, 0.15) is 43.2 Å². The summed E-state index contributed by atoms with van der Waals surface area (Å²) in [5, 5.41) is 23.6. The van der Waals surface area contributed by atoms with Gasteiger partial charge in [-0.2, -0.15) is 0 Å².